The smallest absolute Gasteiger partial charge is 0.255 e. The van der Waals surface area contributed by atoms with E-state index < -0.39 is 0 Å². The van der Waals surface area contributed by atoms with Crippen LogP contribution in [-0.4, -0.2) is 53.9 Å². The van der Waals surface area contributed by atoms with Gasteiger partial charge in [0, 0.05) is 26.3 Å². The summed E-state index contributed by atoms with van der Waals surface area (Å²) >= 11 is 5.88. The highest BCUT2D eigenvalue weighted by molar-refractivity contribution is 6.33. The molecular formula is C13H19ClN4O. The zero-order valence-electron chi connectivity index (χ0n) is 11.1. The molecule has 1 aliphatic rings. The number of nitrogen functional groups attached to an aromatic ring is 1. The summed E-state index contributed by atoms with van der Waals surface area (Å²) in [7, 11) is 1.79. The molecule has 2 heterocycles. The van der Waals surface area contributed by atoms with Gasteiger partial charge in [-0.2, -0.15) is 0 Å². The lowest BCUT2D eigenvalue weighted by Crippen LogP contribution is -2.35. The lowest BCUT2D eigenvalue weighted by molar-refractivity contribution is 0.0782. The fraction of sp³-hybridized carbons (Fsp3) is 0.538. The van der Waals surface area contributed by atoms with Crippen LogP contribution in [0.4, 0.5) is 5.82 Å². The van der Waals surface area contributed by atoms with Gasteiger partial charge in [-0.3, -0.25) is 4.79 Å². The highest BCUT2D eigenvalue weighted by Gasteiger charge is 2.16. The van der Waals surface area contributed by atoms with E-state index in [2.05, 4.69) is 9.88 Å². The molecule has 0 unspecified atom stereocenters. The third kappa shape index (κ3) is 3.58. The zero-order valence-corrected chi connectivity index (χ0v) is 11.9. The molecule has 2 N–H and O–H groups in total. The van der Waals surface area contributed by atoms with Crippen LogP contribution in [0.15, 0.2) is 12.3 Å². The van der Waals surface area contributed by atoms with Crippen molar-refractivity contribution in [2.45, 2.75) is 12.8 Å². The van der Waals surface area contributed by atoms with Crippen LogP contribution < -0.4 is 5.73 Å². The van der Waals surface area contributed by atoms with Gasteiger partial charge in [0.15, 0.2) is 0 Å². The molecule has 1 aromatic heterocycles. The Kier molecular flexibility index (Phi) is 4.61. The lowest BCUT2D eigenvalue weighted by Gasteiger charge is -2.21. The molecule has 0 saturated carbocycles. The number of aromatic nitrogens is 1. The second-order valence-corrected chi connectivity index (χ2v) is 5.27. The first kappa shape index (κ1) is 14.1. The Morgan fingerprint density at radius 2 is 2.21 bits per heavy atom. The molecule has 2 rings (SSSR count). The van der Waals surface area contributed by atoms with Gasteiger partial charge in [0.25, 0.3) is 5.91 Å². The van der Waals surface area contributed by atoms with Crippen LogP contribution in [0.5, 0.6) is 0 Å². The molecule has 0 radical (unpaired) electrons. The SMILES string of the molecule is CN(CCN1CCCC1)C(=O)c1cnc(N)c(Cl)c1. The summed E-state index contributed by atoms with van der Waals surface area (Å²) in [5, 5.41) is 0.318. The Labute approximate surface area is 118 Å². The fourth-order valence-electron chi connectivity index (χ4n) is 2.19. The normalized spacial score (nSPS) is 15.7. The van der Waals surface area contributed by atoms with E-state index in [0.29, 0.717) is 17.1 Å². The fourth-order valence-corrected chi connectivity index (χ4v) is 2.35. The van der Waals surface area contributed by atoms with Crippen molar-refractivity contribution in [2.24, 2.45) is 0 Å². The van der Waals surface area contributed by atoms with E-state index in [-0.39, 0.29) is 11.7 Å². The minimum Gasteiger partial charge on any atom is -0.382 e. The average molecular weight is 283 g/mol. The first-order valence-corrected chi connectivity index (χ1v) is 6.84. The van der Waals surface area contributed by atoms with E-state index in [0.717, 1.165) is 19.6 Å². The van der Waals surface area contributed by atoms with E-state index in [9.17, 15) is 4.79 Å². The first-order chi connectivity index (χ1) is 9.08. The maximum atomic E-state index is 12.2. The summed E-state index contributed by atoms with van der Waals surface area (Å²) < 4.78 is 0. The molecule has 0 bridgehead atoms. The third-order valence-electron chi connectivity index (χ3n) is 3.41. The van der Waals surface area contributed by atoms with Crippen LogP contribution in [0, 0.1) is 0 Å². The van der Waals surface area contributed by atoms with Crippen LogP contribution in [0.3, 0.4) is 0 Å². The standard InChI is InChI=1S/C13H19ClN4O/c1-17(6-7-18-4-2-3-5-18)13(19)10-8-11(14)12(15)16-9-10/h8-9H,2-7H2,1H3,(H2,15,16). The van der Waals surface area contributed by atoms with Gasteiger partial charge in [0.05, 0.1) is 10.6 Å². The van der Waals surface area contributed by atoms with Crippen molar-refractivity contribution >= 4 is 23.3 Å². The Balaban J connectivity index is 1.92. The van der Waals surface area contributed by atoms with Gasteiger partial charge in [0.1, 0.15) is 5.82 Å². The predicted molar refractivity (Wildman–Crippen MR) is 76.3 cm³/mol. The highest BCUT2D eigenvalue weighted by Crippen LogP contribution is 2.17. The number of hydrogen-bond donors (Lipinski definition) is 1. The van der Waals surface area contributed by atoms with Gasteiger partial charge in [-0.25, -0.2) is 4.98 Å². The maximum Gasteiger partial charge on any atom is 0.255 e. The Bertz CT molecular complexity index is 460. The van der Waals surface area contributed by atoms with Crippen LogP contribution in [0.25, 0.3) is 0 Å². The number of halogens is 1. The lowest BCUT2D eigenvalue weighted by atomic mass is 10.2. The molecule has 1 amide bonds. The van der Waals surface area contributed by atoms with E-state index in [1.165, 1.54) is 19.0 Å². The van der Waals surface area contributed by atoms with E-state index >= 15 is 0 Å². The van der Waals surface area contributed by atoms with E-state index in [4.69, 9.17) is 17.3 Å². The predicted octanol–water partition coefficient (Wildman–Crippen LogP) is 1.48. The molecule has 1 fully saturated rings. The van der Waals surface area contributed by atoms with E-state index in [1.807, 2.05) is 0 Å². The van der Waals surface area contributed by atoms with E-state index in [1.54, 1.807) is 18.0 Å². The molecule has 104 valence electrons. The monoisotopic (exact) mass is 282 g/mol. The summed E-state index contributed by atoms with van der Waals surface area (Å²) in [6, 6.07) is 1.57. The summed E-state index contributed by atoms with van der Waals surface area (Å²) in [5.41, 5.74) is 6.01. The number of likely N-dealkylation sites (tertiary alicyclic amines) is 1. The minimum absolute atomic E-state index is 0.0754. The molecule has 1 saturated heterocycles. The molecule has 1 aliphatic heterocycles. The maximum absolute atomic E-state index is 12.2. The summed E-state index contributed by atoms with van der Waals surface area (Å²) in [4.78, 5) is 20.2. The summed E-state index contributed by atoms with van der Waals surface area (Å²) in [5.74, 6) is 0.173. The molecular weight excluding hydrogens is 264 g/mol. The van der Waals surface area contributed by atoms with Crippen molar-refractivity contribution in [2.75, 3.05) is 39.0 Å². The first-order valence-electron chi connectivity index (χ1n) is 6.47. The van der Waals surface area contributed by atoms with Crippen molar-refractivity contribution in [1.82, 2.24) is 14.8 Å². The highest BCUT2D eigenvalue weighted by atomic mass is 35.5. The third-order valence-corrected chi connectivity index (χ3v) is 3.72. The van der Waals surface area contributed by atoms with Crippen molar-refractivity contribution < 1.29 is 4.79 Å². The van der Waals surface area contributed by atoms with Crippen LogP contribution in [-0.2, 0) is 0 Å². The van der Waals surface area contributed by atoms with Crippen LogP contribution >= 0.6 is 11.6 Å². The number of anilines is 1. The van der Waals surface area contributed by atoms with Gasteiger partial charge >= 0.3 is 0 Å². The Morgan fingerprint density at radius 3 is 2.84 bits per heavy atom. The number of likely N-dealkylation sites (N-methyl/N-ethyl adjacent to an activating group) is 1. The van der Waals surface area contributed by atoms with Crippen LogP contribution in [0.2, 0.25) is 5.02 Å². The largest absolute Gasteiger partial charge is 0.382 e. The molecule has 1 aromatic rings. The molecule has 19 heavy (non-hydrogen) atoms. The van der Waals surface area contributed by atoms with Crippen molar-refractivity contribution in [3.05, 3.63) is 22.8 Å². The number of amides is 1. The Hall–Kier alpha value is -1.33. The summed E-state index contributed by atoms with van der Waals surface area (Å²) in [6.45, 7) is 3.90. The van der Waals surface area contributed by atoms with Gasteiger partial charge < -0.3 is 15.5 Å². The average Bonchev–Trinajstić information content (AvgIpc) is 2.91. The van der Waals surface area contributed by atoms with Gasteiger partial charge in [-0.15, -0.1) is 0 Å². The number of rotatable bonds is 4. The number of nitrogens with zero attached hydrogens (tertiary/aromatic N) is 3. The molecule has 5 nitrogen and oxygen atoms in total. The molecule has 6 heteroatoms. The van der Waals surface area contributed by atoms with Crippen molar-refractivity contribution in [3.63, 3.8) is 0 Å². The molecule has 0 aromatic carbocycles. The topological polar surface area (TPSA) is 62.5 Å². The quantitative estimate of drug-likeness (QED) is 0.909. The van der Waals surface area contributed by atoms with Gasteiger partial charge in [0.2, 0.25) is 0 Å². The minimum atomic E-state index is -0.0754. The molecule has 0 atom stereocenters. The van der Waals surface area contributed by atoms with Crippen LogP contribution in [0.1, 0.15) is 23.2 Å². The number of carbonyl (C=O) groups is 1. The molecule has 0 aliphatic carbocycles. The van der Waals surface area contributed by atoms with Crippen molar-refractivity contribution in [1.29, 1.82) is 0 Å². The summed E-state index contributed by atoms with van der Waals surface area (Å²) in [6.07, 6.45) is 3.99. The number of nitrogens with two attached hydrogens (primary N) is 1. The number of carbonyl (C=O) groups excluding carboxylic acids is 1. The van der Waals surface area contributed by atoms with Crippen molar-refractivity contribution in [3.8, 4) is 0 Å². The number of pyridine rings is 1. The Morgan fingerprint density at radius 1 is 1.53 bits per heavy atom. The molecule has 0 spiro atoms. The second-order valence-electron chi connectivity index (χ2n) is 4.87. The number of hydrogen-bond acceptors (Lipinski definition) is 4. The zero-order chi connectivity index (χ0) is 13.8. The van der Waals surface area contributed by atoms with Gasteiger partial charge in [-0.1, -0.05) is 11.6 Å². The van der Waals surface area contributed by atoms with Gasteiger partial charge in [-0.05, 0) is 32.0 Å². The second kappa shape index (κ2) is 6.21.